The third-order valence-electron chi connectivity index (χ3n) is 4.34. The summed E-state index contributed by atoms with van der Waals surface area (Å²) in [6.07, 6.45) is -4.61. The third kappa shape index (κ3) is 7.26. The van der Waals surface area contributed by atoms with Gasteiger partial charge in [0.15, 0.2) is 6.61 Å². The lowest BCUT2D eigenvalue weighted by Gasteiger charge is -2.19. The van der Waals surface area contributed by atoms with E-state index < -0.39 is 42.7 Å². The van der Waals surface area contributed by atoms with Crippen molar-refractivity contribution < 1.29 is 32.3 Å². The lowest BCUT2D eigenvalue weighted by molar-refractivity contribution is -0.146. The van der Waals surface area contributed by atoms with Crippen LogP contribution in [0.3, 0.4) is 0 Å². The number of hydrogen-bond acceptors (Lipinski definition) is 4. The second kappa shape index (κ2) is 10.0. The normalized spacial score (nSPS) is 11.6. The highest BCUT2D eigenvalue weighted by Gasteiger charge is 2.31. The van der Waals surface area contributed by atoms with E-state index in [0.717, 1.165) is 17.7 Å². The number of hydrogen-bond donors (Lipinski definition) is 2. The first-order chi connectivity index (χ1) is 14.8. The van der Waals surface area contributed by atoms with Crippen LogP contribution in [0.4, 0.5) is 18.9 Å². The molecule has 0 atom stereocenters. The van der Waals surface area contributed by atoms with Gasteiger partial charge in [0.05, 0.1) is 16.3 Å². The second-order valence-corrected chi connectivity index (χ2v) is 8.32. The molecule has 0 fully saturated rings. The summed E-state index contributed by atoms with van der Waals surface area (Å²) in [5, 5.41) is 4.41. The Bertz CT molecular complexity index is 1000. The predicted octanol–water partition coefficient (Wildman–Crippen LogP) is 4.57. The smallest absolute Gasteiger partial charge is 0.416 e. The third-order valence-corrected chi connectivity index (χ3v) is 4.67. The van der Waals surface area contributed by atoms with E-state index in [-0.39, 0.29) is 16.1 Å². The van der Waals surface area contributed by atoms with E-state index in [1.807, 2.05) is 32.9 Å². The van der Waals surface area contributed by atoms with Crippen molar-refractivity contribution in [1.82, 2.24) is 5.32 Å². The van der Waals surface area contributed by atoms with Crippen molar-refractivity contribution in [2.75, 3.05) is 18.5 Å². The van der Waals surface area contributed by atoms with Crippen molar-refractivity contribution in [3.63, 3.8) is 0 Å². The first kappa shape index (κ1) is 25.2. The van der Waals surface area contributed by atoms with Gasteiger partial charge in [0, 0.05) is 5.56 Å². The van der Waals surface area contributed by atoms with Crippen molar-refractivity contribution in [2.24, 2.45) is 0 Å². The Morgan fingerprint density at radius 2 is 1.56 bits per heavy atom. The zero-order chi connectivity index (χ0) is 24.1. The van der Waals surface area contributed by atoms with Crippen LogP contribution in [0.25, 0.3) is 0 Å². The molecule has 2 amide bonds. The molecule has 0 spiro atoms. The first-order valence-corrected chi connectivity index (χ1v) is 9.86. The topological polar surface area (TPSA) is 84.5 Å². The molecule has 32 heavy (non-hydrogen) atoms. The van der Waals surface area contributed by atoms with Gasteiger partial charge in [-0.15, -0.1) is 0 Å². The van der Waals surface area contributed by atoms with Gasteiger partial charge in [0.25, 0.3) is 11.8 Å². The SMILES string of the molecule is CC(C)(C)c1ccc(C(=O)NCC(=O)OCC(=O)Nc2cc(C(F)(F)F)ccc2Cl)cc1. The molecule has 0 radical (unpaired) electrons. The molecule has 0 saturated carbocycles. The molecule has 2 rings (SSSR count). The Morgan fingerprint density at radius 1 is 0.969 bits per heavy atom. The summed E-state index contributed by atoms with van der Waals surface area (Å²) in [4.78, 5) is 35.8. The summed E-state index contributed by atoms with van der Waals surface area (Å²) in [7, 11) is 0. The molecule has 0 aliphatic heterocycles. The Kier molecular flexibility index (Phi) is 7.90. The molecule has 0 saturated heterocycles. The van der Waals surface area contributed by atoms with Gasteiger partial charge in [-0.25, -0.2) is 0 Å². The number of anilines is 1. The van der Waals surface area contributed by atoms with Crippen LogP contribution in [0.5, 0.6) is 0 Å². The van der Waals surface area contributed by atoms with Crippen LogP contribution in [0, 0.1) is 0 Å². The molecule has 0 aliphatic rings. The summed E-state index contributed by atoms with van der Waals surface area (Å²) < 4.78 is 43.1. The van der Waals surface area contributed by atoms with E-state index in [4.69, 9.17) is 16.3 Å². The molecule has 0 bridgehead atoms. The highest BCUT2D eigenvalue weighted by molar-refractivity contribution is 6.33. The molecule has 0 aliphatic carbocycles. The van der Waals surface area contributed by atoms with Crippen molar-refractivity contribution in [3.8, 4) is 0 Å². The Labute approximate surface area is 188 Å². The van der Waals surface area contributed by atoms with Crippen molar-refractivity contribution >= 4 is 35.1 Å². The number of amides is 2. The number of benzene rings is 2. The van der Waals surface area contributed by atoms with E-state index in [9.17, 15) is 27.6 Å². The lowest BCUT2D eigenvalue weighted by Crippen LogP contribution is -2.32. The van der Waals surface area contributed by atoms with Crippen LogP contribution >= 0.6 is 11.6 Å². The summed E-state index contributed by atoms with van der Waals surface area (Å²) in [6.45, 7) is 4.86. The molecule has 2 aromatic rings. The van der Waals surface area contributed by atoms with E-state index in [2.05, 4.69) is 10.6 Å². The summed E-state index contributed by atoms with van der Waals surface area (Å²) in [6, 6.07) is 9.34. The second-order valence-electron chi connectivity index (χ2n) is 7.91. The maximum absolute atomic E-state index is 12.8. The van der Waals surface area contributed by atoms with E-state index in [1.165, 1.54) is 0 Å². The van der Waals surface area contributed by atoms with Gasteiger partial charge in [-0.2, -0.15) is 13.2 Å². The number of halogens is 4. The number of alkyl halides is 3. The van der Waals surface area contributed by atoms with Gasteiger partial charge in [-0.05, 0) is 41.3 Å². The van der Waals surface area contributed by atoms with Gasteiger partial charge in [-0.3, -0.25) is 14.4 Å². The minimum atomic E-state index is -4.61. The van der Waals surface area contributed by atoms with Crippen LogP contribution < -0.4 is 10.6 Å². The Morgan fingerprint density at radius 3 is 2.12 bits per heavy atom. The number of carbonyl (C=O) groups excluding carboxylic acids is 3. The maximum Gasteiger partial charge on any atom is 0.416 e. The molecule has 2 N–H and O–H groups in total. The van der Waals surface area contributed by atoms with Crippen molar-refractivity contribution in [2.45, 2.75) is 32.4 Å². The van der Waals surface area contributed by atoms with Gasteiger partial charge >= 0.3 is 12.1 Å². The van der Waals surface area contributed by atoms with E-state index in [0.29, 0.717) is 11.6 Å². The molecule has 0 unspecified atom stereocenters. The van der Waals surface area contributed by atoms with E-state index in [1.54, 1.807) is 12.1 Å². The predicted molar refractivity (Wildman–Crippen MR) is 114 cm³/mol. The Balaban J connectivity index is 1.83. The Hall–Kier alpha value is -3.07. The zero-order valence-corrected chi connectivity index (χ0v) is 18.4. The largest absolute Gasteiger partial charge is 0.454 e. The molecule has 172 valence electrons. The minimum absolute atomic E-state index is 0.0718. The molecule has 10 heteroatoms. The average Bonchev–Trinajstić information content (AvgIpc) is 2.70. The summed E-state index contributed by atoms with van der Waals surface area (Å²) in [5.41, 5.74) is 0.0579. The van der Waals surface area contributed by atoms with Crippen molar-refractivity contribution in [1.29, 1.82) is 0 Å². The summed E-state index contributed by atoms with van der Waals surface area (Å²) in [5.74, 6) is -2.28. The van der Waals surface area contributed by atoms with Crippen LogP contribution in [0.1, 0.15) is 42.3 Å². The molecule has 2 aromatic carbocycles. The molecular weight excluding hydrogens is 449 g/mol. The number of rotatable bonds is 6. The first-order valence-electron chi connectivity index (χ1n) is 9.48. The highest BCUT2D eigenvalue weighted by atomic mass is 35.5. The molecule has 0 aromatic heterocycles. The van der Waals surface area contributed by atoms with Gasteiger partial charge in [-0.1, -0.05) is 44.5 Å². The van der Waals surface area contributed by atoms with Crippen LogP contribution in [0.2, 0.25) is 5.02 Å². The number of esters is 1. The van der Waals surface area contributed by atoms with Gasteiger partial charge in [0.1, 0.15) is 6.54 Å². The molecule has 6 nitrogen and oxygen atoms in total. The standard InChI is InChI=1S/C22H22ClF3N2O4/c1-21(2,3)14-6-4-13(5-7-14)20(31)27-11-19(30)32-12-18(29)28-17-10-15(22(24,25)26)8-9-16(17)23/h4-10H,11-12H2,1-3H3,(H,27,31)(H,28,29). The highest BCUT2D eigenvalue weighted by Crippen LogP contribution is 2.33. The molecule has 0 heterocycles. The fraction of sp³-hybridized carbons (Fsp3) is 0.318. The van der Waals surface area contributed by atoms with Crippen LogP contribution in [0.15, 0.2) is 42.5 Å². The maximum atomic E-state index is 12.8. The minimum Gasteiger partial charge on any atom is -0.454 e. The van der Waals surface area contributed by atoms with E-state index >= 15 is 0 Å². The van der Waals surface area contributed by atoms with Gasteiger partial charge < -0.3 is 15.4 Å². The van der Waals surface area contributed by atoms with Gasteiger partial charge in [0.2, 0.25) is 0 Å². The zero-order valence-electron chi connectivity index (χ0n) is 17.6. The number of ether oxygens (including phenoxy) is 1. The molecular formula is C22H22ClF3N2O4. The monoisotopic (exact) mass is 470 g/mol. The number of nitrogens with one attached hydrogen (secondary N) is 2. The fourth-order valence-electron chi connectivity index (χ4n) is 2.56. The fourth-order valence-corrected chi connectivity index (χ4v) is 2.72. The average molecular weight is 471 g/mol. The van der Waals surface area contributed by atoms with Crippen LogP contribution in [-0.2, 0) is 25.9 Å². The van der Waals surface area contributed by atoms with Crippen molar-refractivity contribution in [3.05, 3.63) is 64.2 Å². The number of carbonyl (C=O) groups is 3. The lowest BCUT2D eigenvalue weighted by atomic mass is 9.87. The van der Waals surface area contributed by atoms with Crippen LogP contribution in [-0.4, -0.2) is 30.9 Å². The quantitative estimate of drug-likeness (QED) is 0.606. The summed E-state index contributed by atoms with van der Waals surface area (Å²) >= 11 is 5.79.